The van der Waals surface area contributed by atoms with Crippen LogP contribution in [0.5, 0.6) is 11.5 Å². The molecule has 0 aliphatic heterocycles. The molecule has 0 saturated heterocycles. The maximum Gasteiger partial charge on any atom is 0.129 e. The highest BCUT2D eigenvalue weighted by Gasteiger charge is 2.21. The molecule has 0 saturated carbocycles. The average molecular weight is 276 g/mol. The predicted octanol–water partition coefficient (Wildman–Crippen LogP) is 2.70. The van der Waals surface area contributed by atoms with Crippen LogP contribution < -0.4 is 20.1 Å². The number of hydrogen-bond acceptors (Lipinski definition) is 3. The third-order valence-corrected chi connectivity index (χ3v) is 4.77. The molecule has 0 aliphatic carbocycles. The van der Waals surface area contributed by atoms with Gasteiger partial charge in [-0.15, -0.1) is 0 Å². The van der Waals surface area contributed by atoms with Crippen LogP contribution in [-0.4, -0.2) is 21.3 Å². The number of benzene rings is 2. The fourth-order valence-electron chi connectivity index (χ4n) is 1.92. The van der Waals surface area contributed by atoms with E-state index in [0.717, 1.165) is 22.1 Å². The van der Waals surface area contributed by atoms with E-state index in [-0.39, 0.29) is 0 Å². The molecule has 0 bridgehead atoms. The Balaban J connectivity index is 2.50. The second kappa shape index (κ2) is 6.55. The summed E-state index contributed by atoms with van der Waals surface area (Å²) in [7, 11) is 4.10. The molecule has 3 nitrogen and oxygen atoms in total. The first-order chi connectivity index (χ1) is 9.31. The topological polar surface area (TPSA) is 27.7 Å². The number of hydrogen-bond donors (Lipinski definition) is 0. The molecule has 0 spiro atoms. The Bertz CT molecular complexity index is 495. The summed E-state index contributed by atoms with van der Waals surface area (Å²) in [5.74, 6) is 1.67. The van der Waals surface area contributed by atoms with Crippen molar-refractivity contribution in [3.8, 4) is 11.5 Å². The second-order valence-electron chi connectivity index (χ2n) is 3.82. The number of methoxy groups -OCH3 is 2. The van der Waals surface area contributed by atoms with Crippen molar-refractivity contribution >= 4 is 18.8 Å². The first kappa shape index (κ1) is 13.9. The Morgan fingerprint density at radius 1 is 0.684 bits per heavy atom. The fraction of sp³-hybridized carbons (Fsp3) is 0.200. The molecule has 0 unspecified atom stereocenters. The van der Waals surface area contributed by atoms with Crippen LogP contribution in [0.2, 0.25) is 0 Å². The number of rotatable bonds is 5. The molecule has 0 fully saturated rings. The lowest BCUT2D eigenvalue weighted by molar-refractivity contribution is 0.414. The quantitative estimate of drug-likeness (QED) is 0.786. The molecule has 4 heteroatoms. The molecule has 0 radical (unpaired) electrons. The van der Waals surface area contributed by atoms with Crippen molar-refractivity contribution in [1.29, 1.82) is 0 Å². The molecule has 0 atom stereocenters. The number of ether oxygens (including phenoxy) is 2. The van der Waals surface area contributed by atoms with E-state index in [0.29, 0.717) is 0 Å². The molecular weight excluding hydrogens is 259 g/mol. The zero-order valence-corrected chi connectivity index (χ0v) is 12.2. The lowest BCUT2D eigenvalue weighted by Crippen LogP contribution is -2.16. The van der Waals surface area contributed by atoms with Gasteiger partial charge in [0.05, 0.1) is 22.4 Å². The van der Waals surface area contributed by atoms with Crippen molar-refractivity contribution in [2.75, 3.05) is 21.3 Å². The van der Waals surface area contributed by atoms with Crippen LogP contribution in [0.25, 0.3) is 0 Å². The van der Waals surface area contributed by atoms with Crippen LogP contribution in [0, 0.1) is 0 Å². The van der Waals surface area contributed by atoms with Gasteiger partial charge in [0.2, 0.25) is 0 Å². The van der Waals surface area contributed by atoms with Gasteiger partial charge in [0, 0.05) is 17.7 Å². The SMILES string of the molecule is COc1ccccc1P(OC)c1ccccc1OC. The summed E-state index contributed by atoms with van der Waals surface area (Å²) in [4.78, 5) is 0. The normalized spacial score (nSPS) is 10.5. The molecular formula is C15H17O3P. The van der Waals surface area contributed by atoms with Gasteiger partial charge in [0.15, 0.2) is 0 Å². The van der Waals surface area contributed by atoms with E-state index in [4.69, 9.17) is 14.0 Å². The number of para-hydroxylation sites is 2. The van der Waals surface area contributed by atoms with Crippen LogP contribution in [-0.2, 0) is 4.52 Å². The van der Waals surface area contributed by atoms with Crippen LogP contribution in [0.15, 0.2) is 48.5 Å². The van der Waals surface area contributed by atoms with E-state index in [1.165, 1.54) is 0 Å². The van der Waals surface area contributed by atoms with Crippen molar-refractivity contribution in [3.63, 3.8) is 0 Å². The monoisotopic (exact) mass is 276 g/mol. The highest BCUT2D eigenvalue weighted by atomic mass is 31.1. The summed E-state index contributed by atoms with van der Waals surface area (Å²) in [6.07, 6.45) is 0. The summed E-state index contributed by atoms with van der Waals surface area (Å²) in [5, 5.41) is 2.10. The molecule has 0 aromatic heterocycles. The molecule has 0 amide bonds. The first-order valence-corrected chi connectivity index (χ1v) is 7.18. The van der Waals surface area contributed by atoms with E-state index >= 15 is 0 Å². The van der Waals surface area contributed by atoms with Crippen molar-refractivity contribution in [1.82, 2.24) is 0 Å². The summed E-state index contributed by atoms with van der Waals surface area (Å²) in [5.41, 5.74) is 0. The standard InChI is InChI=1S/C15H17O3P/c1-16-12-8-4-6-10-14(12)19(18-3)15-11-7-5-9-13(15)17-2/h4-11H,1-3H3. The predicted molar refractivity (Wildman–Crippen MR) is 79.2 cm³/mol. The Labute approximate surface area is 115 Å². The van der Waals surface area contributed by atoms with Gasteiger partial charge in [-0.2, -0.15) is 0 Å². The molecule has 100 valence electrons. The van der Waals surface area contributed by atoms with E-state index in [1.807, 2.05) is 48.5 Å². The highest BCUT2D eigenvalue weighted by molar-refractivity contribution is 7.69. The summed E-state index contributed by atoms with van der Waals surface area (Å²) < 4.78 is 16.5. The van der Waals surface area contributed by atoms with Crippen molar-refractivity contribution in [2.45, 2.75) is 0 Å². The lowest BCUT2D eigenvalue weighted by Gasteiger charge is -2.20. The zero-order valence-electron chi connectivity index (χ0n) is 11.3. The Morgan fingerprint density at radius 3 is 1.47 bits per heavy atom. The minimum atomic E-state index is -0.952. The van der Waals surface area contributed by atoms with Gasteiger partial charge >= 0.3 is 0 Å². The molecule has 2 aromatic rings. The molecule has 19 heavy (non-hydrogen) atoms. The van der Waals surface area contributed by atoms with Crippen molar-refractivity contribution in [2.24, 2.45) is 0 Å². The Kier molecular flexibility index (Phi) is 4.78. The van der Waals surface area contributed by atoms with E-state index in [2.05, 4.69) is 0 Å². The summed E-state index contributed by atoms with van der Waals surface area (Å²) >= 11 is 0. The van der Waals surface area contributed by atoms with E-state index in [1.54, 1.807) is 21.3 Å². The fourth-order valence-corrected chi connectivity index (χ4v) is 3.75. The van der Waals surface area contributed by atoms with E-state index < -0.39 is 8.15 Å². The van der Waals surface area contributed by atoms with Gasteiger partial charge in [0.1, 0.15) is 11.5 Å². The van der Waals surface area contributed by atoms with Crippen LogP contribution >= 0.6 is 8.15 Å². The molecule has 0 N–H and O–H groups in total. The summed E-state index contributed by atoms with van der Waals surface area (Å²) in [6, 6.07) is 15.8. The highest BCUT2D eigenvalue weighted by Crippen LogP contribution is 2.40. The second-order valence-corrected chi connectivity index (χ2v) is 5.74. The van der Waals surface area contributed by atoms with Gasteiger partial charge in [-0.3, -0.25) is 0 Å². The third-order valence-electron chi connectivity index (χ3n) is 2.79. The average Bonchev–Trinajstić information content (AvgIpc) is 2.49. The zero-order chi connectivity index (χ0) is 13.7. The van der Waals surface area contributed by atoms with Gasteiger partial charge in [-0.1, -0.05) is 24.3 Å². The molecule has 2 aromatic carbocycles. The lowest BCUT2D eigenvalue weighted by atomic mass is 10.3. The van der Waals surface area contributed by atoms with Crippen LogP contribution in [0.4, 0.5) is 0 Å². The maximum absolute atomic E-state index is 5.71. The van der Waals surface area contributed by atoms with Gasteiger partial charge in [-0.05, 0) is 24.3 Å². The van der Waals surface area contributed by atoms with Crippen LogP contribution in [0.1, 0.15) is 0 Å². The van der Waals surface area contributed by atoms with Gasteiger partial charge in [-0.25, -0.2) is 0 Å². The smallest absolute Gasteiger partial charge is 0.129 e. The van der Waals surface area contributed by atoms with E-state index in [9.17, 15) is 0 Å². The first-order valence-electron chi connectivity index (χ1n) is 5.92. The Morgan fingerprint density at radius 2 is 1.11 bits per heavy atom. The van der Waals surface area contributed by atoms with Gasteiger partial charge in [0.25, 0.3) is 0 Å². The molecule has 0 heterocycles. The Hall–Kier alpha value is -1.57. The molecule has 2 rings (SSSR count). The maximum atomic E-state index is 5.71. The minimum Gasteiger partial charge on any atom is -0.496 e. The van der Waals surface area contributed by atoms with Crippen molar-refractivity contribution < 1.29 is 14.0 Å². The molecule has 0 aliphatic rings. The largest absolute Gasteiger partial charge is 0.496 e. The van der Waals surface area contributed by atoms with Crippen molar-refractivity contribution in [3.05, 3.63) is 48.5 Å². The van der Waals surface area contributed by atoms with Gasteiger partial charge < -0.3 is 14.0 Å². The van der Waals surface area contributed by atoms with Crippen LogP contribution in [0.3, 0.4) is 0 Å². The summed E-state index contributed by atoms with van der Waals surface area (Å²) in [6.45, 7) is 0. The third kappa shape index (κ3) is 2.89. The minimum absolute atomic E-state index is 0.835.